The molecule has 172 valence electrons. The second-order valence-corrected chi connectivity index (χ2v) is 7.01. The van der Waals surface area contributed by atoms with Crippen molar-refractivity contribution in [2.45, 2.75) is 25.9 Å². The lowest BCUT2D eigenvalue weighted by atomic mass is 9.96. The van der Waals surface area contributed by atoms with Gasteiger partial charge in [0.25, 0.3) is 0 Å². The molecular formula is C23H34IN3O4. The summed E-state index contributed by atoms with van der Waals surface area (Å²) < 4.78 is 16.3. The Morgan fingerprint density at radius 2 is 1.65 bits per heavy atom. The third-order valence-electron chi connectivity index (χ3n) is 4.76. The van der Waals surface area contributed by atoms with Gasteiger partial charge in [0.2, 0.25) is 5.75 Å². The molecule has 0 radical (unpaired) electrons. The van der Waals surface area contributed by atoms with Crippen LogP contribution < -0.4 is 24.8 Å². The monoisotopic (exact) mass is 543 g/mol. The van der Waals surface area contributed by atoms with E-state index in [2.05, 4.69) is 15.6 Å². The van der Waals surface area contributed by atoms with E-state index >= 15 is 0 Å². The molecule has 0 aliphatic rings. The first kappa shape index (κ1) is 26.8. The van der Waals surface area contributed by atoms with Gasteiger partial charge in [-0.25, -0.2) is 4.99 Å². The summed E-state index contributed by atoms with van der Waals surface area (Å²) in [6.45, 7) is 5.37. The van der Waals surface area contributed by atoms with E-state index in [-0.39, 0.29) is 30.5 Å². The number of nitrogens with one attached hydrogen (secondary N) is 2. The minimum Gasteiger partial charge on any atom is -0.493 e. The van der Waals surface area contributed by atoms with Crippen molar-refractivity contribution in [2.75, 3.05) is 41.0 Å². The van der Waals surface area contributed by atoms with Crippen molar-refractivity contribution < 1.29 is 19.3 Å². The second-order valence-electron chi connectivity index (χ2n) is 7.01. The Labute approximate surface area is 202 Å². The smallest absolute Gasteiger partial charge is 0.203 e. The average Bonchev–Trinajstić information content (AvgIpc) is 2.77. The van der Waals surface area contributed by atoms with Gasteiger partial charge in [0.15, 0.2) is 17.5 Å². The quantitative estimate of drug-likeness (QED) is 0.242. The third-order valence-corrected chi connectivity index (χ3v) is 4.76. The molecule has 0 aliphatic heterocycles. The number of halogens is 1. The molecule has 0 fully saturated rings. The van der Waals surface area contributed by atoms with E-state index < -0.39 is 5.60 Å². The molecule has 0 bridgehead atoms. The molecule has 8 heteroatoms. The summed E-state index contributed by atoms with van der Waals surface area (Å²) in [5.41, 5.74) is 0.783. The molecule has 31 heavy (non-hydrogen) atoms. The Balaban J connectivity index is 0.00000480. The maximum absolute atomic E-state index is 10.8. The van der Waals surface area contributed by atoms with Gasteiger partial charge < -0.3 is 30.0 Å². The molecule has 2 aromatic carbocycles. The number of benzene rings is 2. The third kappa shape index (κ3) is 7.46. The van der Waals surface area contributed by atoms with Crippen LogP contribution in [-0.2, 0) is 12.0 Å². The summed E-state index contributed by atoms with van der Waals surface area (Å²) in [6, 6.07) is 13.4. The average molecular weight is 543 g/mol. The molecule has 7 nitrogen and oxygen atoms in total. The maximum atomic E-state index is 10.8. The van der Waals surface area contributed by atoms with Gasteiger partial charge in [-0.3, -0.25) is 0 Å². The Hall–Kier alpha value is -2.20. The van der Waals surface area contributed by atoms with Crippen molar-refractivity contribution in [1.82, 2.24) is 10.6 Å². The molecule has 1 atom stereocenters. The van der Waals surface area contributed by atoms with Gasteiger partial charge >= 0.3 is 0 Å². The minimum atomic E-state index is -1.05. The van der Waals surface area contributed by atoms with Gasteiger partial charge in [0.05, 0.1) is 27.9 Å². The Morgan fingerprint density at radius 1 is 0.968 bits per heavy atom. The minimum absolute atomic E-state index is 0. The van der Waals surface area contributed by atoms with Gasteiger partial charge in [-0.2, -0.15) is 0 Å². The van der Waals surface area contributed by atoms with E-state index in [0.29, 0.717) is 36.2 Å². The summed E-state index contributed by atoms with van der Waals surface area (Å²) in [7, 11) is 4.81. The van der Waals surface area contributed by atoms with Gasteiger partial charge in [0.1, 0.15) is 5.60 Å². The van der Waals surface area contributed by atoms with Crippen LogP contribution in [0.25, 0.3) is 0 Å². The zero-order valence-electron chi connectivity index (χ0n) is 18.9. The lowest BCUT2D eigenvalue weighted by molar-refractivity contribution is 0.0672. The van der Waals surface area contributed by atoms with Crippen LogP contribution in [0.1, 0.15) is 25.0 Å². The predicted octanol–water partition coefficient (Wildman–Crippen LogP) is 3.34. The normalized spacial score (nSPS) is 12.9. The number of hydrogen-bond donors (Lipinski definition) is 3. The first-order chi connectivity index (χ1) is 14.5. The molecule has 0 aromatic heterocycles. The molecule has 0 heterocycles. The summed E-state index contributed by atoms with van der Waals surface area (Å²) in [5, 5.41) is 17.3. The number of guanidine groups is 1. The SMILES string of the molecule is CCNC(=NCC(C)(O)c1ccccc1)NCCc1ccc(OC)c(OC)c1OC.I. The molecule has 2 rings (SSSR count). The number of ether oxygens (including phenoxy) is 3. The zero-order valence-corrected chi connectivity index (χ0v) is 21.2. The van der Waals surface area contributed by atoms with Gasteiger partial charge in [0, 0.05) is 18.7 Å². The topological polar surface area (TPSA) is 84.3 Å². The van der Waals surface area contributed by atoms with Crippen molar-refractivity contribution in [1.29, 1.82) is 0 Å². The van der Waals surface area contributed by atoms with Crippen LogP contribution in [0, 0.1) is 0 Å². The van der Waals surface area contributed by atoms with Crippen molar-refractivity contribution in [3.05, 3.63) is 53.6 Å². The fraction of sp³-hybridized carbons (Fsp3) is 0.435. The molecule has 0 aliphatic carbocycles. The summed E-state index contributed by atoms with van der Waals surface area (Å²) >= 11 is 0. The van der Waals surface area contributed by atoms with Crippen LogP contribution in [0.4, 0.5) is 0 Å². The van der Waals surface area contributed by atoms with E-state index in [0.717, 1.165) is 17.7 Å². The summed E-state index contributed by atoms with van der Waals surface area (Å²) in [4.78, 5) is 4.56. The molecule has 1 unspecified atom stereocenters. The number of aliphatic hydroxyl groups is 1. The van der Waals surface area contributed by atoms with Crippen molar-refractivity contribution in [3.8, 4) is 17.2 Å². The van der Waals surface area contributed by atoms with Crippen molar-refractivity contribution >= 4 is 29.9 Å². The van der Waals surface area contributed by atoms with E-state index in [1.165, 1.54) is 0 Å². The number of hydrogen-bond acceptors (Lipinski definition) is 5. The molecule has 0 saturated carbocycles. The van der Waals surface area contributed by atoms with Gasteiger partial charge in [-0.15, -0.1) is 24.0 Å². The highest BCUT2D eigenvalue weighted by Crippen LogP contribution is 2.39. The highest BCUT2D eigenvalue weighted by atomic mass is 127. The number of aliphatic imine (C=N–C) groups is 1. The zero-order chi connectivity index (χ0) is 22.0. The highest BCUT2D eigenvalue weighted by molar-refractivity contribution is 14.0. The van der Waals surface area contributed by atoms with Crippen LogP contribution in [0.15, 0.2) is 47.5 Å². The molecular weight excluding hydrogens is 509 g/mol. The predicted molar refractivity (Wildman–Crippen MR) is 135 cm³/mol. The molecule has 3 N–H and O–H groups in total. The van der Waals surface area contributed by atoms with Gasteiger partial charge in [-0.05, 0) is 31.9 Å². The Morgan fingerprint density at radius 3 is 2.23 bits per heavy atom. The fourth-order valence-electron chi connectivity index (χ4n) is 3.14. The second kappa shape index (κ2) is 13.3. The number of nitrogens with zero attached hydrogens (tertiary/aromatic N) is 1. The van der Waals surface area contributed by atoms with E-state index in [1.54, 1.807) is 28.3 Å². The largest absolute Gasteiger partial charge is 0.493 e. The van der Waals surface area contributed by atoms with Crippen LogP contribution >= 0.6 is 24.0 Å². The van der Waals surface area contributed by atoms with Gasteiger partial charge in [-0.1, -0.05) is 36.4 Å². The van der Waals surface area contributed by atoms with E-state index in [4.69, 9.17) is 14.2 Å². The van der Waals surface area contributed by atoms with Crippen LogP contribution in [0.5, 0.6) is 17.2 Å². The summed E-state index contributed by atoms with van der Waals surface area (Å²) in [6.07, 6.45) is 0.697. The Kier molecular flexibility index (Phi) is 11.5. The molecule has 0 spiro atoms. The number of rotatable bonds is 10. The first-order valence-electron chi connectivity index (χ1n) is 10.0. The lowest BCUT2D eigenvalue weighted by Crippen LogP contribution is -2.39. The standard InChI is InChI=1S/C23H33N3O4.HI/c1-6-24-22(26-16-23(2,27)18-10-8-7-9-11-18)25-15-14-17-12-13-19(28-3)21(30-5)20(17)29-4;/h7-13,27H,6,14-16H2,1-5H3,(H2,24,25,26);1H. The Bertz CT molecular complexity index is 829. The van der Waals surface area contributed by atoms with E-state index in [9.17, 15) is 5.11 Å². The first-order valence-corrected chi connectivity index (χ1v) is 10.0. The molecule has 2 aromatic rings. The van der Waals surface area contributed by atoms with Crippen molar-refractivity contribution in [2.24, 2.45) is 4.99 Å². The summed E-state index contributed by atoms with van der Waals surface area (Å²) in [5.74, 6) is 2.52. The fourth-order valence-corrected chi connectivity index (χ4v) is 3.14. The van der Waals surface area contributed by atoms with Crippen molar-refractivity contribution in [3.63, 3.8) is 0 Å². The van der Waals surface area contributed by atoms with E-state index in [1.807, 2.05) is 49.4 Å². The maximum Gasteiger partial charge on any atom is 0.203 e. The number of methoxy groups -OCH3 is 3. The van der Waals surface area contributed by atoms with Crippen LogP contribution in [0.3, 0.4) is 0 Å². The molecule has 0 amide bonds. The molecule has 0 saturated heterocycles. The van der Waals surface area contributed by atoms with Crippen LogP contribution in [-0.4, -0.2) is 52.0 Å². The highest BCUT2D eigenvalue weighted by Gasteiger charge is 2.22. The lowest BCUT2D eigenvalue weighted by Gasteiger charge is -2.22. The van der Waals surface area contributed by atoms with Crippen LogP contribution in [0.2, 0.25) is 0 Å².